The number of hydrogen-bond acceptors (Lipinski definition) is 5. The van der Waals surface area contributed by atoms with Crippen LogP contribution in [-0.4, -0.2) is 44.3 Å². The van der Waals surface area contributed by atoms with E-state index in [2.05, 4.69) is 44.6 Å². The van der Waals surface area contributed by atoms with E-state index in [1.165, 1.54) is 12.8 Å². The third kappa shape index (κ3) is 6.38. The van der Waals surface area contributed by atoms with Crippen molar-refractivity contribution in [2.75, 3.05) is 43.6 Å². The molecular formula is C23H32IN5O2. The molecule has 168 valence electrons. The number of benzene rings is 1. The van der Waals surface area contributed by atoms with Gasteiger partial charge in [-0.2, -0.15) is 0 Å². The normalized spacial score (nSPS) is 16.8. The molecule has 2 N–H and O–H groups in total. The Hall–Kier alpha value is -2.23. The molecule has 2 aliphatic rings. The Morgan fingerprint density at radius 2 is 1.90 bits per heavy atom. The van der Waals surface area contributed by atoms with Crippen LogP contribution < -0.4 is 25.0 Å². The predicted octanol–water partition coefficient (Wildman–Crippen LogP) is 4.28. The van der Waals surface area contributed by atoms with Crippen LogP contribution in [0, 0.1) is 5.92 Å². The van der Waals surface area contributed by atoms with Crippen molar-refractivity contribution in [3.05, 3.63) is 42.1 Å². The first-order valence-corrected chi connectivity index (χ1v) is 10.8. The molecule has 1 aromatic carbocycles. The lowest BCUT2D eigenvalue weighted by atomic mass is 9.99. The van der Waals surface area contributed by atoms with E-state index >= 15 is 0 Å². The summed E-state index contributed by atoms with van der Waals surface area (Å²) in [6.45, 7) is 6.52. The highest BCUT2D eigenvalue weighted by Crippen LogP contribution is 2.32. The average Bonchev–Trinajstić information content (AvgIpc) is 3.02. The van der Waals surface area contributed by atoms with Gasteiger partial charge in [0, 0.05) is 51.1 Å². The third-order valence-electron chi connectivity index (χ3n) is 5.61. The Balaban J connectivity index is 0.00000272. The van der Waals surface area contributed by atoms with E-state index < -0.39 is 0 Å². The first kappa shape index (κ1) is 23.4. The quantitative estimate of drug-likeness (QED) is 0.345. The maximum Gasteiger partial charge on any atom is 0.195 e. The van der Waals surface area contributed by atoms with Crippen LogP contribution in [0.5, 0.6) is 11.5 Å². The van der Waals surface area contributed by atoms with Crippen LogP contribution in [-0.2, 0) is 6.54 Å². The molecule has 1 fully saturated rings. The van der Waals surface area contributed by atoms with Crippen LogP contribution in [0.2, 0.25) is 0 Å². The van der Waals surface area contributed by atoms with E-state index in [1.54, 1.807) is 7.05 Å². The minimum absolute atomic E-state index is 0. The van der Waals surface area contributed by atoms with E-state index in [0.717, 1.165) is 54.0 Å². The van der Waals surface area contributed by atoms with Crippen LogP contribution in [0.25, 0.3) is 0 Å². The van der Waals surface area contributed by atoms with Gasteiger partial charge in [0.05, 0.1) is 13.2 Å². The van der Waals surface area contributed by atoms with Crippen LogP contribution in [0.4, 0.5) is 11.5 Å². The summed E-state index contributed by atoms with van der Waals surface area (Å²) >= 11 is 0. The Labute approximate surface area is 201 Å². The second-order valence-electron chi connectivity index (χ2n) is 7.96. The van der Waals surface area contributed by atoms with Crippen LogP contribution in [0.15, 0.2) is 41.5 Å². The number of aliphatic imine (C=N–C) groups is 1. The summed E-state index contributed by atoms with van der Waals surface area (Å²) in [5.74, 6) is 4.14. The first-order chi connectivity index (χ1) is 14.7. The molecule has 7 nitrogen and oxygen atoms in total. The maximum atomic E-state index is 5.76. The molecular weight excluding hydrogens is 505 g/mol. The summed E-state index contributed by atoms with van der Waals surface area (Å²) in [6.07, 6.45) is 5.32. The van der Waals surface area contributed by atoms with Gasteiger partial charge in [-0.3, -0.25) is 4.99 Å². The smallest absolute Gasteiger partial charge is 0.195 e. The van der Waals surface area contributed by atoms with Gasteiger partial charge in [-0.05, 0) is 42.5 Å². The highest BCUT2D eigenvalue weighted by molar-refractivity contribution is 14.0. The Morgan fingerprint density at radius 1 is 1.13 bits per heavy atom. The van der Waals surface area contributed by atoms with Gasteiger partial charge in [0.2, 0.25) is 0 Å². The zero-order valence-electron chi connectivity index (χ0n) is 18.3. The number of anilines is 2. The first-order valence-electron chi connectivity index (χ1n) is 10.8. The molecule has 31 heavy (non-hydrogen) atoms. The molecule has 0 aliphatic carbocycles. The van der Waals surface area contributed by atoms with Gasteiger partial charge in [-0.1, -0.05) is 13.0 Å². The van der Waals surface area contributed by atoms with Crippen molar-refractivity contribution in [3.63, 3.8) is 0 Å². The number of rotatable bonds is 4. The molecule has 0 bridgehead atoms. The van der Waals surface area contributed by atoms with E-state index in [4.69, 9.17) is 9.47 Å². The lowest BCUT2D eigenvalue weighted by Gasteiger charge is -2.31. The predicted molar refractivity (Wildman–Crippen MR) is 136 cm³/mol. The van der Waals surface area contributed by atoms with Crippen molar-refractivity contribution < 1.29 is 9.47 Å². The van der Waals surface area contributed by atoms with Crippen molar-refractivity contribution in [1.29, 1.82) is 0 Å². The van der Waals surface area contributed by atoms with Crippen LogP contribution in [0.3, 0.4) is 0 Å². The summed E-state index contributed by atoms with van der Waals surface area (Å²) < 4.78 is 11.5. The van der Waals surface area contributed by atoms with Crippen molar-refractivity contribution in [3.8, 4) is 11.5 Å². The molecule has 0 unspecified atom stereocenters. The van der Waals surface area contributed by atoms with Gasteiger partial charge >= 0.3 is 0 Å². The van der Waals surface area contributed by atoms with Gasteiger partial charge < -0.3 is 25.0 Å². The SMILES string of the molecule is CN=C(NCc1ccc(N2CCC(C)CC2)nc1)Nc1ccc2c(c1)OCCCO2.I. The minimum Gasteiger partial charge on any atom is -0.490 e. The van der Waals surface area contributed by atoms with E-state index in [1.807, 2.05) is 24.4 Å². The molecule has 0 spiro atoms. The zero-order chi connectivity index (χ0) is 20.8. The number of aromatic nitrogens is 1. The highest BCUT2D eigenvalue weighted by atomic mass is 127. The molecule has 0 saturated carbocycles. The largest absolute Gasteiger partial charge is 0.490 e. The number of hydrogen-bond donors (Lipinski definition) is 2. The number of nitrogens with one attached hydrogen (secondary N) is 2. The number of ether oxygens (including phenoxy) is 2. The van der Waals surface area contributed by atoms with Crippen molar-refractivity contribution in [2.24, 2.45) is 10.9 Å². The number of halogens is 1. The Bertz CT molecular complexity index is 867. The summed E-state index contributed by atoms with van der Waals surface area (Å²) in [4.78, 5) is 11.4. The Morgan fingerprint density at radius 3 is 2.61 bits per heavy atom. The second-order valence-corrected chi connectivity index (χ2v) is 7.96. The van der Waals surface area contributed by atoms with Crippen LogP contribution in [0.1, 0.15) is 31.7 Å². The molecule has 1 aromatic heterocycles. The van der Waals surface area contributed by atoms with Crippen molar-refractivity contribution in [1.82, 2.24) is 10.3 Å². The van der Waals surface area contributed by atoms with Gasteiger partial charge in [0.15, 0.2) is 17.5 Å². The molecule has 2 aliphatic heterocycles. The van der Waals surface area contributed by atoms with E-state index in [-0.39, 0.29) is 24.0 Å². The van der Waals surface area contributed by atoms with E-state index in [0.29, 0.717) is 25.7 Å². The summed E-state index contributed by atoms with van der Waals surface area (Å²) in [7, 11) is 1.76. The maximum absolute atomic E-state index is 5.76. The zero-order valence-corrected chi connectivity index (χ0v) is 20.6. The lowest BCUT2D eigenvalue weighted by Crippen LogP contribution is -2.33. The average molecular weight is 537 g/mol. The molecule has 3 heterocycles. The van der Waals surface area contributed by atoms with Gasteiger partial charge in [0.25, 0.3) is 0 Å². The van der Waals surface area contributed by atoms with Crippen molar-refractivity contribution >= 4 is 41.4 Å². The molecule has 2 aromatic rings. The summed E-state index contributed by atoms with van der Waals surface area (Å²) in [5, 5.41) is 6.66. The number of nitrogens with zero attached hydrogens (tertiary/aromatic N) is 3. The molecule has 1 saturated heterocycles. The molecule has 4 rings (SSSR count). The molecule has 0 radical (unpaired) electrons. The molecule has 0 amide bonds. The monoisotopic (exact) mass is 537 g/mol. The number of pyridine rings is 1. The molecule has 8 heteroatoms. The second kappa shape index (κ2) is 11.4. The van der Waals surface area contributed by atoms with Crippen molar-refractivity contribution in [2.45, 2.75) is 32.7 Å². The number of piperidine rings is 1. The topological polar surface area (TPSA) is 71.0 Å². The van der Waals surface area contributed by atoms with Crippen LogP contribution >= 0.6 is 24.0 Å². The number of guanidine groups is 1. The molecule has 0 atom stereocenters. The van der Waals surface area contributed by atoms with Gasteiger partial charge in [-0.15, -0.1) is 24.0 Å². The summed E-state index contributed by atoms with van der Waals surface area (Å²) in [6, 6.07) is 10.1. The fourth-order valence-corrected chi connectivity index (χ4v) is 3.69. The summed E-state index contributed by atoms with van der Waals surface area (Å²) in [5.41, 5.74) is 2.02. The van der Waals surface area contributed by atoms with E-state index in [9.17, 15) is 0 Å². The lowest BCUT2D eigenvalue weighted by molar-refractivity contribution is 0.297. The number of fused-ring (bicyclic) bond motifs is 1. The third-order valence-corrected chi connectivity index (χ3v) is 5.61. The standard InChI is InChI=1S/C23H31N5O2.HI/c1-17-8-10-28(11-9-17)22-7-4-18(15-25-22)16-26-23(24-2)27-19-5-6-20-21(14-19)30-13-3-12-29-20;/h4-7,14-15,17H,3,8-13,16H2,1-2H3,(H2,24,26,27);1H. The fourth-order valence-electron chi connectivity index (χ4n) is 3.69. The van der Waals surface area contributed by atoms with Gasteiger partial charge in [-0.25, -0.2) is 4.98 Å². The fraction of sp³-hybridized carbons (Fsp3) is 0.478. The van der Waals surface area contributed by atoms with Gasteiger partial charge in [0.1, 0.15) is 5.82 Å². The highest BCUT2D eigenvalue weighted by Gasteiger charge is 2.16. The minimum atomic E-state index is 0. The Kier molecular flexibility index (Phi) is 8.62.